The Labute approximate surface area is 120 Å². The molecule has 0 saturated carbocycles. The number of hydrogen-bond acceptors (Lipinski definition) is 3. The fourth-order valence-electron chi connectivity index (χ4n) is 1.99. The van der Waals surface area contributed by atoms with Crippen LogP contribution in [0.15, 0.2) is 16.5 Å². The molecule has 0 aliphatic rings. The van der Waals surface area contributed by atoms with Gasteiger partial charge in [0.05, 0.1) is 4.58 Å². The van der Waals surface area contributed by atoms with Crippen molar-refractivity contribution < 1.29 is 4.42 Å². The number of aryl methyl sites for hydroxylation is 2. The lowest BCUT2D eigenvalue weighted by Crippen LogP contribution is -1.98. The average molecular weight is 287 g/mol. The highest BCUT2D eigenvalue weighted by atomic mass is 32.2. The van der Waals surface area contributed by atoms with Crippen LogP contribution in [-0.2, 0) is 6.42 Å². The van der Waals surface area contributed by atoms with Crippen LogP contribution in [0.25, 0.3) is 0 Å². The summed E-state index contributed by atoms with van der Waals surface area (Å²) < 4.78 is 6.39. The zero-order valence-electron chi connectivity index (χ0n) is 11.9. The van der Waals surface area contributed by atoms with Gasteiger partial charge in [-0.3, -0.25) is 0 Å². The largest absolute Gasteiger partial charge is 0.466 e. The van der Waals surface area contributed by atoms with Crippen LogP contribution >= 0.6 is 23.5 Å². The molecule has 3 heteroatoms. The van der Waals surface area contributed by atoms with E-state index < -0.39 is 0 Å². The maximum atomic E-state index is 5.58. The topological polar surface area (TPSA) is 13.1 Å². The normalized spacial score (nSPS) is 11.3. The first-order chi connectivity index (χ1) is 8.76. The first kappa shape index (κ1) is 16.0. The number of unbranched alkanes of at least 4 members (excludes halogenated alkanes) is 2. The van der Waals surface area contributed by atoms with Crippen LogP contribution in [-0.4, -0.2) is 16.1 Å². The zero-order valence-corrected chi connectivity index (χ0v) is 13.5. The van der Waals surface area contributed by atoms with Gasteiger partial charge in [-0.1, -0.05) is 26.7 Å². The second kappa shape index (κ2) is 9.85. The van der Waals surface area contributed by atoms with Gasteiger partial charge in [-0.05, 0) is 43.4 Å². The van der Waals surface area contributed by atoms with Gasteiger partial charge in [0.15, 0.2) is 0 Å². The Morgan fingerprint density at radius 1 is 1.06 bits per heavy atom. The summed E-state index contributed by atoms with van der Waals surface area (Å²) >= 11 is 4.21. The molecule has 0 amide bonds. The van der Waals surface area contributed by atoms with Gasteiger partial charge in [-0.25, -0.2) is 0 Å². The lowest BCUT2D eigenvalue weighted by molar-refractivity contribution is 0.471. The first-order valence-electron chi connectivity index (χ1n) is 7.04. The van der Waals surface area contributed by atoms with Gasteiger partial charge in [0.2, 0.25) is 0 Å². The van der Waals surface area contributed by atoms with Crippen molar-refractivity contribution in [2.45, 2.75) is 57.5 Å². The molecule has 0 N–H and O–H groups in total. The summed E-state index contributed by atoms with van der Waals surface area (Å²) in [6, 6.07) is 4.17. The molecule has 0 aliphatic carbocycles. The van der Waals surface area contributed by atoms with E-state index in [-0.39, 0.29) is 0 Å². The van der Waals surface area contributed by atoms with Crippen molar-refractivity contribution in [2.75, 3.05) is 11.5 Å². The molecule has 104 valence electrons. The Kier molecular flexibility index (Phi) is 8.78. The maximum absolute atomic E-state index is 5.58. The summed E-state index contributed by atoms with van der Waals surface area (Å²) in [6.07, 6.45) is 6.39. The third-order valence-electron chi connectivity index (χ3n) is 2.86. The maximum Gasteiger partial charge on any atom is 0.104 e. The Morgan fingerprint density at radius 2 is 1.78 bits per heavy atom. The monoisotopic (exact) mass is 286 g/mol. The number of thioether (sulfide) groups is 2. The minimum absolute atomic E-state index is 0.811. The summed E-state index contributed by atoms with van der Waals surface area (Å²) in [5.74, 6) is 4.66. The lowest BCUT2D eigenvalue weighted by Gasteiger charge is -2.13. The molecule has 0 bridgehead atoms. The van der Waals surface area contributed by atoms with Gasteiger partial charge >= 0.3 is 0 Å². The van der Waals surface area contributed by atoms with Crippen molar-refractivity contribution in [3.63, 3.8) is 0 Å². The summed E-state index contributed by atoms with van der Waals surface area (Å²) in [6.45, 7) is 6.53. The molecule has 0 fully saturated rings. The Bertz CT molecular complexity index is 303. The molecule has 0 spiro atoms. The van der Waals surface area contributed by atoms with Crippen LogP contribution in [0, 0.1) is 6.92 Å². The quantitative estimate of drug-likeness (QED) is 0.415. The van der Waals surface area contributed by atoms with E-state index >= 15 is 0 Å². The van der Waals surface area contributed by atoms with E-state index in [1.807, 2.05) is 6.92 Å². The highest BCUT2D eigenvalue weighted by Crippen LogP contribution is 2.28. The van der Waals surface area contributed by atoms with E-state index in [1.54, 1.807) is 0 Å². The van der Waals surface area contributed by atoms with Crippen LogP contribution in [0.5, 0.6) is 0 Å². The van der Waals surface area contributed by atoms with E-state index in [4.69, 9.17) is 4.42 Å². The molecular formula is C15H26OS2. The molecule has 0 unspecified atom stereocenters. The number of hydrogen-bond donors (Lipinski definition) is 0. The van der Waals surface area contributed by atoms with Gasteiger partial charge in [-0.2, -0.15) is 0 Å². The predicted octanol–water partition coefficient (Wildman–Crippen LogP) is 5.52. The summed E-state index contributed by atoms with van der Waals surface area (Å²) in [7, 11) is 0. The summed E-state index contributed by atoms with van der Waals surface area (Å²) in [5, 5.41) is 0. The molecule has 1 aromatic heterocycles. The summed E-state index contributed by atoms with van der Waals surface area (Å²) in [4.78, 5) is 0. The van der Waals surface area contributed by atoms with Crippen LogP contribution in [0.1, 0.15) is 51.1 Å². The molecule has 0 aliphatic heterocycles. The molecule has 0 atom stereocenters. The third kappa shape index (κ3) is 6.79. The smallest absolute Gasteiger partial charge is 0.104 e. The number of rotatable bonds is 10. The van der Waals surface area contributed by atoms with Gasteiger partial charge in [-0.15, -0.1) is 23.5 Å². The summed E-state index contributed by atoms with van der Waals surface area (Å²) in [5.41, 5.74) is 0. The first-order valence-corrected chi connectivity index (χ1v) is 9.14. The Hall–Kier alpha value is -0.0200. The SMILES string of the molecule is CCSC(CCCCCc1ccc(C)o1)SCC. The predicted molar refractivity (Wildman–Crippen MR) is 85.7 cm³/mol. The fourth-order valence-corrected chi connectivity index (χ4v) is 4.60. The highest BCUT2D eigenvalue weighted by Gasteiger charge is 2.07. The van der Waals surface area contributed by atoms with Gasteiger partial charge in [0, 0.05) is 6.42 Å². The van der Waals surface area contributed by atoms with Crippen molar-refractivity contribution >= 4 is 23.5 Å². The standard InChI is InChI=1S/C15H26OS2/c1-4-17-15(18-5-2)10-8-6-7-9-14-12-11-13(3)16-14/h11-12,15H,4-10H2,1-3H3. The second-order valence-electron chi connectivity index (χ2n) is 4.45. The van der Waals surface area contributed by atoms with Gasteiger partial charge in [0.1, 0.15) is 11.5 Å². The van der Waals surface area contributed by atoms with Gasteiger partial charge < -0.3 is 4.42 Å². The Morgan fingerprint density at radius 3 is 2.33 bits per heavy atom. The van der Waals surface area contributed by atoms with E-state index in [0.717, 1.165) is 22.5 Å². The van der Waals surface area contributed by atoms with E-state index in [1.165, 1.54) is 37.2 Å². The average Bonchev–Trinajstić information content (AvgIpc) is 2.75. The van der Waals surface area contributed by atoms with Gasteiger partial charge in [0.25, 0.3) is 0 Å². The van der Waals surface area contributed by atoms with Crippen molar-refractivity contribution in [1.29, 1.82) is 0 Å². The molecule has 18 heavy (non-hydrogen) atoms. The zero-order chi connectivity index (χ0) is 13.2. The second-order valence-corrected chi connectivity index (χ2v) is 7.71. The lowest BCUT2D eigenvalue weighted by atomic mass is 10.1. The van der Waals surface area contributed by atoms with Crippen LogP contribution in [0.2, 0.25) is 0 Å². The minimum Gasteiger partial charge on any atom is -0.466 e. The Balaban J connectivity index is 2.06. The van der Waals surface area contributed by atoms with Crippen LogP contribution < -0.4 is 0 Å². The fraction of sp³-hybridized carbons (Fsp3) is 0.733. The van der Waals surface area contributed by atoms with Crippen molar-refractivity contribution in [1.82, 2.24) is 0 Å². The third-order valence-corrected chi connectivity index (χ3v) is 5.56. The molecular weight excluding hydrogens is 260 g/mol. The van der Waals surface area contributed by atoms with E-state index in [2.05, 4.69) is 49.5 Å². The minimum atomic E-state index is 0.811. The molecule has 1 aromatic rings. The molecule has 1 rings (SSSR count). The van der Waals surface area contributed by atoms with Crippen molar-refractivity contribution in [2.24, 2.45) is 0 Å². The molecule has 0 saturated heterocycles. The molecule has 0 aromatic carbocycles. The molecule has 1 nitrogen and oxygen atoms in total. The van der Waals surface area contributed by atoms with Crippen LogP contribution in [0.3, 0.4) is 0 Å². The molecule has 1 heterocycles. The van der Waals surface area contributed by atoms with Crippen LogP contribution in [0.4, 0.5) is 0 Å². The highest BCUT2D eigenvalue weighted by molar-refractivity contribution is 8.16. The van der Waals surface area contributed by atoms with Crippen molar-refractivity contribution in [3.05, 3.63) is 23.7 Å². The van der Waals surface area contributed by atoms with E-state index in [0.29, 0.717) is 0 Å². The molecule has 0 radical (unpaired) electrons. The number of furan rings is 1. The van der Waals surface area contributed by atoms with Crippen molar-refractivity contribution in [3.8, 4) is 0 Å². The van der Waals surface area contributed by atoms with E-state index in [9.17, 15) is 0 Å².